The molecule has 2 atom stereocenters. The first-order chi connectivity index (χ1) is 11.5. The Balaban J connectivity index is 1.59. The average molecular weight is 353 g/mol. The lowest BCUT2D eigenvalue weighted by Crippen LogP contribution is -2.34. The standard InChI is InChI=1S/C17H18ClFN2O3/c18-12-6-3-7-13(15(12)19)20-14(22)8-9-21-16(23)10-4-1-2-5-11(10)17(21)24/h3,6-7,10-11H,1-2,4-5,8-9H2,(H,20,22). The maximum absolute atomic E-state index is 13.8. The van der Waals surface area contributed by atoms with Gasteiger partial charge in [-0.1, -0.05) is 30.5 Å². The number of benzene rings is 1. The minimum Gasteiger partial charge on any atom is -0.323 e. The minimum atomic E-state index is -0.702. The third-order valence-corrected chi connectivity index (χ3v) is 5.01. The van der Waals surface area contributed by atoms with Crippen LogP contribution < -0.4 is 5.32 Å². The first kappa shape index (κ1) is 16.9. The number of halogens is 2. The smallest absolute Gasteiger partial charge is 0.233 e. The Morgan fingerprint density at radius 1 is 1.21 bits per heavy atom. The van der Waals surface area contributed by atoms with Crippen molar-refractivity contribution in [2.24, 2.45) is 11.8 Å². The lowest BCUT2D eigenvalue weighted by molar-refractivity contribution is -0.140. The van der Waals surface area contributed by atoms with Crippen molar-refractivity contribution in [1.29, 1.82) is 0 Å². The van der Waals surface area contributed by atoms with Gasteiger partial charge in [0.25, 0.3) is 0 Å². The van der Waals surface area contributed by atoms with Crippen LogP contribution in [-0.2, 0) is 14.4 Å². The molecule has 0 radical (unpaired) electrons. The van der Waals surface area contributed by atoms with Crippen molar-refractivity contribution in [1.82, 2.24) is 4.90 Å². The Labute approximate surface area is 144 Å². The molecule has 2 unspecified atom stereocenters. The van der Waals surface area contributed by atoms with Crippen LogP contribution in [0.5, 0.6) is 0 Å². The Morgan fingerprint density at radius 2 is 1.83 bits per heavy atom. The lowest BCUT2D eigenvalue weighted by Gasteiger charge is -2.19. The van der Waals surface area contributed by atoms with Gasteiger partial charge in [-0.3, -0.25) is 19.3 Å². The van der Waals surface area contributed by atoms with E-state index < -0.39 is 11.7 Å². The quantitative estimate of drug-likeness (QED) is 0.847. The topological polar surface area (TPSA) is 66.5 Å². The molecule has 1 saturated heterocycles. The molecule has 2 fully saturated rings. The number of hydrogen-bond donors (Lipinski definition) is 1. The number of imide groups is 1. The molecule has 5 nitrogen and oxygen atoms in total. The third-order valence-electron chi connectivity index (χ3n) is 4.72. The number of nitrogens with one attached hydrogen (secondary N) is 1. The molecule has 2 aliphatic rings. The highest BCUT2D eigenvalue weighted by Crippen LogP contribution is 2.38. The molecule has 1 aromatic carbocycles. The predicted molar refractivity (Wildman–Crippen MR) is 86.8 cm³/mol. The van der Waals surface area contributed by atoms with Gasteiger partial charge in [0.2, 0.25) is 17.7 Å². The zero-order chi connectivity index (χ0) is 17.3. The second-order valence-corrected chi connectivity index (χ2v) is 6.63. The summed E-state index contributed by atoms with van der Waals surface area (Å²) in [6.45, 7) is 0.0265. The number of carbonyl (C=O) groups excluding carboxylic acids is 3. The summed E-state index contributed by atoms with van der Waals surface area (Å²) in [6.07, 6.45) is 3.34. The van der Waals surface area contributed by atoms with Crippen LogP contribution in [0.15, 0.2) is 18.2 Å². The van der Waals surface area contributed by atoms with E-state index in [0.29, 0.717) is 0 Å². The fourth-order valence-corrected chi connectivity index (χ4v) is 3.65. The van der Waals surface area contributed by atoms with Gasteiger partial charge in [0.05, 0.1) is 22.5 Å². The number of amides is 3. The molecule has 1 aromatic rings. The number of carbonyl (C=O) groups is 3. The highest BCUT2D eigenvalue weighted by Gasteiger charge is 2.47. The first-order valence-electron chi connectivity index (χ1n) is 8.08. The summed E-state index contributed by atoms with van der Waals surface area (Å²) >= 11 is 5.66. The van der Waals surface area contributed by atoms with Crippen LogP contribution in [0.3, 0.4) is 0 Å². The first-order valence-corrected chi connectivity index (χ1v) is 8.46. The Bertz CT molecular complexity index is 670. The Hall–Kier alpha value is -1.95. The molecule has 0 bridgehead atoms. The van der Waals surface area contributed by atoms with Gasteiger partial charge in [0.1, 0.15) is 0 Å². The summed E-state index contributed by atoms with van der Waals surface area (Å²) < 4.78 is 13.8. The van der Waals surface area contributed by atoms with Crippen LogP contribution in [0.2, 0.25) is 5.02 Å². The lowest BCUT2D eigenvalue weighted by atomic mass is 9.81. The number of anilines is 1. The van der Waals surface area contributed by atoms with Gasteiger partial charge in [0.15, 0.2) is 5.82 Å². The van der Waals surface area contributed by atoms with Gasteiger partial charge in [-0.15, -0.1) is 0 Å². The van der Waals surface area contributed by atoms with E-state index in [0.717, 1.165) is 25.7 Å². The summed E-state index contributed by atoms with van der Waals surface area (Å²) in [6, 6.07) is 4.31. The molecule has 1 heterocycles. The molecule has 0 aromatic heterocycles. The van der Waals surface area contributed by atoms with Crippen molar-refractivity contribution in [2.45, 2.75) is 32.1 Å². The second-order valence-electron chi connectivity index (χ2n) is 6.23. The molecular formula is C17H18ClFN2O3. The molecular weight excluding hydrogens is 335 g/mol. The van der Waals surface area contributed by atoms with Crippen LogP contribution >= 0.6 is 11.6 Å². The second kappa shape index (κ2) is 6.89. The van der Waals surface area contributed by atoms with E-state index in [-0.39, 0.29) is 47.3 Å². The fourth-order valence-electron chi connectivity index (χ4n) is 3.48. The van der Waals surface area contributed by atoms with E-state index in [1.165, 1.54) is 23.1 Å². The van der Waals surface area contributed by atoms with Crippen molar-refractivity contribution in [3.63, 3.8) is 0 Å². The number of rotatable bonds is 4. The molecule has 1 aliphatic carbocycles. The summed E-state index contributed by atoms with van der Waals surface area (Å²) in [5, 5.41) is 2.34. The van der Waals surface area contributed by atoms with Crippen molar-refractivity contribution >= 4 is 35.0 Å². The monoisotopic (exact) mass is 352 g/mol. The Kier molecular flexibility index (Phi) is 4.85. The molecule has 3 rings (SSSR count). The van der Waals surface area contributed by atoms with E-state index in [2.05, 4.69) is 5.32 Å². The summed E-state index contributed by atoms with van der Waals surface area (Å²) in [5.74, 6) is -1.96. The van der Waals surface area contributed by atoms with Gasteiger partial charge in [0, 0.05) is 13.0 Å². The number of nitrogens with zero attached hydrogens (tertiary/aromatic N) is 1. The summed E-state index contributed by atoms with van der Waals surface area (Å²) in [7, 11) is 0. The number of fused-ring (bicyclic) bond motifs is 1. The van der Waals surface area contributed by atoms with E-state index in [4.69, 9.17) is 11.6 Å². The maximum Gasteiger partial charge on any atom is 0.233 e. The van der Waals surface area contributed by atoms with Crippen LogP contribution in [0, 0.1) is 17.7 Å². The maximum atomic E-state index is 13.8. The minimum absolute atomic E-state index is 0.0137. The molecule has 1 aliphatic heterocycles. The SMILES string of the molecule is O=C(CCN1C(=O)C2CCCCC2C1=O)Nc1cccc(Cl)c1F. The average Bonchev–Trinajstić information content (AvgIpc) is 2.82. The van der Waals surface area contributed by atoms with Gasteiger partial charge in [-0.25, -0.2) is 4.39 Å². The van der Waals surface area contributed by atoms with Gasteiger partial charge >= 0.3 is 0 Å². The van der Waals surface area contributed by atoms with Crippen LogP contribution in [0.1, 0.15) is 32.1 Å². The normalized spacial score (nSPS) is 23.3. The fraction of sp³-hybridized carbons (Fsp3) is 0.471. The van der Waals surface area contributed by atoms with Crippen molar-refractivity contribution in [3.05, 3.63) is 29.0 Å². The van der Waals surface area contributed by atoms with E-state index >= 15 is 0 Å². The highest BCUT2D eigenvalue weighted by atomic mass is 35.5. The largest absolute Gasteiger partial charge is 0.323 e. The third kappa shape index (κ3) is 3.15. The molecule has 24 heavy (non-hydrogen) atoms. The van der Waals surface area contributed by atoms with Crippen molar-refractivity contribution in [3.8, 4) is 0 Å². The van der Waals surface area contributed by atoms with Crippen LogP contribution in [-0.4, -0.2) is 29.2 Å². The van der Waals surface area contributed by atoms with E-state index in [9.17, 15) is 18.8 Å². The summed E-state index contributed by atoms with van der Waals surface area (Å²) in [5.41, 5.74) is -0.0137. The van der Waals surface area contributed by atoms with Crippen LogP contribution in [0.4, 0.5) is 10.1 Å². The summed E-state index contributed by atoms with van der Waals surface area (Å²) in [4.78, 5) is 37.8. The van der Waals surface area contributed by atoms with Crippen molar-refractivity contribution < 1.29 is 18.8 Å². The molecule has 1 saturated carbocycles. The molecule has 128 valence electrons. The van der Waals surface area contributed by atoms with Gasteiger partial charge in [-0.2, -0.15) is 0 Å². The van der Waals surface area contributed by atoms with Gasteiger partial charge < -0.3 is 5.32 Å². The van der Waals surface area contributed by atoms with E-state index in [1.807, 2.05) is 0 Å². The molecule has 7 heteroatoms. The zero-order valence-corrected chi connectivity index (χ0v) is 13.8. The van der Waals surface area contributed by atoms with Crippen molar-refractivity contribution in [2.75, 3.05) is 11.9 Å². The molecule has 1 N–H and O–H groups in total. The van der Waals surface area contributed by atoms with Gasteiger partial charge in [-0.05, 0) is 25.0 Å². The zero-order valence-electron chi connectivity index (χ0n) is 13.1. The Morgan fingerprint density at radius 3 is 2.46 bits per heavy atom. The molecule has 0 spiro atoms. The predicted octanol–water partition coefficient (Wildman–Crippen LogP) is 2.98. The number of likely N-dealkylation sites (tertiary alicyclic amines) is 1. The van der Waals surface area contributed by atoms with Crippen LogP contribution in [0.25, 0.3) is 0 Å². The van der Waals surface area contributed by atoms with E-state index in [1.54, 1.807) is 0 Å². The number of hydrogen-bond acceptors (Lipinski definition) is 3. The molecule has 3 amide bonds. The highest BCUT2D eigenvalue weighted by molar-refractivity contribution is 6.31.